The molecule has 1 aliphatic rings. The van der Waals surface area contributed by atoms with Crippen LogP contribution >= 0.6 is 24.2 Å². The van der Waals surface area contributed by atoms with Crippen molar-refractivity contribution in [3.63, 3.8) is 0 Å². The predicted octanol–water partition coefficient (Wildman–Crippen LogP) is 2.62. The summed E-state index contributed by atoms with van der Waals surface area (Å²) in [7, 11) is 0. The number of thiol groups is 1. The fraction of sp³-hybridized carbons (Fsp3) is 0.357. The fourth-order valence-electron chi connectivity index (χ4n) is 2.21. The van der Waals surface area contributed by atoms with E-state index >= 15 is 0 Å². The molecule has 2 rings (SSSR count). The molecule has 6 heteroatoms. The maximum Gasteiger partial charge on any atom is 0.337 e. The lowest BCUT2D eigenvalue weighted by molar-refractivity contribution is -0.139. The van der Waals surface area contributed by atoms with Crippen LogP contribution in [0, 0.1) is 0 Å². The first-order valence-electron chi connectivity index (χ1n) is 6.37. The van der Waals surface area contributed by atoms with Crippen LogP contribution in [-0.4, -0.2) is 18.1 Å². The lowest BCUT2D eigenvalue weighted by atomic mass is 9.96. The summed E-state index contributed by atoms with van der Waals surface area (Å²) in [6.07, 6.45) is 0. The number of rotatable bonds is 3. The number of hydrogen-bond donors (Lipinski definition) is 3. The van der Waals surface area contributed by atoms with Crippen molar-refractivity contribution in [3.8, 4) is 0 Å². The van der Waals surface area contributed by atoms with Gasteiger partial charge in [0.25, 0.3) is 0 Å². The molecule has 4 nitrogen and oxygen atoms in total. The van der Waals surface area contributed by atoms with Crippen molar-refractivity contribution in [2.45, 2.75) is 25.4 Å². The second kappa shape index (κ2) is 6.52. The van der Waals surface area contributed by atoms with Gasteiger partial charge >= 0.3 is 5.97 Å². The minimum atomic E-state index is -0.338. The molecule has 0 saturated carbocycles. The molecule has 20 heavy (non-hydrogen) atoms. The minimum absolute atomic E-state index is 0.239. The monoisotopic (exact) mass is 312 g/mol. The zero-order valence-corrected chi connectivity index (χ0v) is 13.0. The zero-order chi connectivity index (χ0) is 14.7. The lowest BCUT2D eigenvalue weighted by Gasteiger charge is -2.32. The molecule has 0 spiro atoms. The summed E-state index contributed by atoms with van der Waals surface area (Å²) < 4.78 is 5.13. The van der Waals surface area contributed by atoms with Crippen LogP contribution in [0.1, 0.15) is 25.5 Å². The van der Waals surface area contributed by atoms with E-state index in [1.807, 2.05) is 25.1 Å². The molecule has 0 radical (unpaired) electrons. The van der Waals surface area contributed by atoms with E-state index in [0.29, 0.717) is 17.2 Å². The van der Waals surface area contributed by atoms with Crippen LogP contribution in [-0.2, 0) is 9.53 Å². The van der Waals surface area contributed by atoms with Crippen LogP contribution in [0.4, 0.5) is 0 Å². The largest absolute Gasteiger partial charge is 0.463 e. The smallest absolute Gasteiger partial charge is 0.337 e. The molecular formula is C14H17ClN2O2S. The Hall–Kier alpha value is -1.17. The second-order valence-corrected chi connectivity index (χ2v) is 5.41. The number of halogens is 1. The normalized spacial score (nSPS) is 22.4. The van der Waals surface area contributed by atoms with Crippen LogP contribution in [0.3, 0.4) is 0 Å². The van der Waals surface area contributed by atoms with Crippen molar-refractivity contribution in [2.24, 2.45) is 0 Å². The fourth-order valence-corrected chi connectivity index (χ4v) is 2.75. The second-order valence-electron chi connectivity index (χ2n) is 4.46. The molecule has 0 aromatic heterocycles. The third kappa shape index (κ3) is 3.29. The van der Waals surface area contributed by atoms with Crippen LogP contribution in [0.25, 0.3) is 0 Å². The summed E-state index contributed by atoms with van der Waals surface area (Å²) in [5, 5.41) is 6.92. The molecule has 2 N–H and O–H groups in total. The number of carbonyl (C=O) groups is 1. The van der Waals surface area contributed by atoms with Crippen LogP contribution < -0.4 is 10.6 Å². The van der Waals surface area contributed by atoms with Gasteiger partial charge in [0.2, 0.25) is 0 Å². The van der Waals surface area contributed by atoms with Gasteiger partial charge in [-0.05, 0) is 31.5 Å². The molecule has 1 aliphatic heterocycles. The highest BCUT2D eigenvalue weighted by molar-refractivity contribution is 7.80. The molecule has 0 amide bonds. The van der Waals surface area contributed by atoms with Crippen molar-refractivity contribution in [1.29, 1.82) is 0 Å². The highest BCUT2D eigenvalue weighted by atomic mass is 35.5. The molecule has 0 saturated heterocycles. The van der Waals surface area contributed by atoms with E-state index in [2.05, 4.69) is 23.3 Å². The van der Waals surface area contributed by atoms with Crippen LogP contribution in [0.15, 0.2) is 35.5 Å². The van der Waals surface area contributed by atoms with Gasteiger partial charge in [0.15, 0.2) is 0 Å². The minimum Gasteiger partial charge on any atom is -0.463 e. The Kier molecular flexibility index (Phi) is 4.96. The topological polar surface area (TPSA) is 50.4 Å². The van der Waals surface area contributed by atoms with Crippen LogP contribution in [0.2, 0.25) is 5.02 Å². The Labute approximate surface area is 128 Å². The standard InChI is InChI=1S/C14H17ClN2O2S/c1-3-19-13(18)11-8(2)16-14(20)17-12(11)9-5-4-6-10(15)7-9/h4-7,12,14,16-17,20H,3H2,1-2H3. The lowest BCUT2D eigenvalue weighted by Crippen LogP contribution is -2.46. The number of benzene rings is 1. The summed E-state index contributed by atoms with van der Waals surface area (Å²) >= 11 is 10.4. The van der Waals surface area contributed by atoms with Gasteiger partial charge in [0.05, 0.1) is 18.2 Å². The van der Waals surface area contributed by atoms with E-state index in [-0.39, 0.29) is 17.5 Å². The highest BCUT2D eigenvalue weighted by Gasteiger charge is 2.31. The quantitative estimate of drug-likeness (QED) is 0.593. The van der Waals surface area contributed by atoms with Crippen molar-refractivity contribution in [3.05, 3.63) is 46.1 Å². The predicted molar refractivity (Wildman–Crippen MR) is 82.6 cm³/mol. The van der Waals surface area contributed by atoms with Crippen molar-refractivity contribution in [2.75, 3.05) is 6.61 Å². The SMILES string of the molecule is CCOC(=O)C1=C(C)NC(S)NC1c1cccc(Cl)c1. The Balaban J connectivity index is 2.42. The first-order chi connectivity index (χ1) is 9.52. The van der Waals surface area contributed by atoms with E-state index < -0.39 is 0 Å². The third-order valence-corrected chi connectivity index (χ3v) is 3.56. The van der Waals surface area contributed by atoms with E-state index in [9.17, 15) is 4.79 Å². The Morgan fingerprint density at radius 3 is 2.90 bits per heavy atom. The molecule has 0 bridgehead atoms. The maximum absolute atomic E-state index is 12.2. The van der Waals surface area contributed by atoms with Gasteiger partial charge in [-0.15, -0.1) is 12.6 Å². The summed E-state index contributed by atoms with van der Waals surface area (Å²) in [4.78, 5) is 12.2. The molecule has 1 aromatic rings. The van der Waals surface area contributed by atoms with Crippen molar-refractivity contribution in [1.82, 2.24) is 10.6 Å². The number of esters is 1. The van der Waals surface area contributed by atoms with E-state index in [4.69, 9.17) is 16.3 Å². The third-order valence-electron chi connectivity index (χ3n) is 3.05. The molecular weight excluding hydrogens is 296 g/mol. The van der Waals surface area contributed by atoms with Gasteiger partial charge in [-0.3, -0.25) is 5.32 Å². The number of ether oxygens (including phenoxy) is 1. The van der Waals surface area contributed by atoms with Gasteiger partial charge in [0.1, 0.15) is 5.50 Å². The van der Waals surface area contributed by atoms with E-state index in [1.54, 1.807) is 13.0 Å². The van der Waals surface area contributed by atoms with E-state index in [0.717, 1.165) is 11.3 Å². The number of carbonyl (C=O) groups excluding carboxylic acids is 1. The summed E-state index contributed by atoms with van der Waals surface area (Å²) in [6, 6.07) is 7.11. The van der Waals surface area contributed by atoms with Crippen molar-refractivity contribution < 1.29 is 9.53 Å². The number of nitrogens with one attached hydrogen (secondary N) is 2. The van der Waals surface area contributed by atoms with Crippen LogP contribution in [0.5, 0.6) is 0 Å². The molecule has 1 aromatic carbocycles. The summed E-state index contributed by atoms with van der Waals surface area (Å²) in [5.41, 5.74) is 1.98. The maximum atomic E-state index is 12.2. The number of hydrogen-bond acceptors (Lipinski definition) is 5. The first kappa shape index (κ1) is 15.2. The van der Waals surface area contributed by atoms with Gasteiger partial charge in [0, 0.05) is 10.7 Å². The Morgan fingerprint density at radius 2 is 2.25 bits per heavy atom. The summed E-state index contributed by atoms with van der Waals surface area (Å²) in [6.45, 7) is 3.96. The molecule has 2 unspecified atom stereocenters. The molecule has 1 heterocycles. The van der Waals surface area contributed by atoms with Gasteiger partial charge in [-0.2, -0.15) is 0 Å². The van der Waals surface area contributed by atoms with Crippen molar-refractivity contribution >= 4 is 30.2 Å². The zero-order valence-electron chi connectivity index (χ0n) is 11.3. The van der Waals surface area contributed by atoms with Gasteiger partial charge < -0.3 is 10.1 Å². The molecule has 0 fully saturated rings. The average molecular weight is 313 g/mol. The average Bonchev–Trinajstić information content (AvgIpc) is 2.37. The van der Waals surface area contributed by atoms with Gasteiger partial charge in [-0.1, -0.05) is 23.7 Å². The Bertz CT molecular complexity index is 548. The molecule has 0 aliphatic carbocycles. The summed E-state index contributed by atoms with van der Waals surface area (Å²) in [5.74, 6) is -0.338. The number of allylic oxidation sites excluding steroid dienone is 1. The highest BCUT2D eigenvalue weighted by Crippen LogP contribution is 2.30. The molecule has 108 valence electrons. The van der Waals surface area contributed by atoms with E-state index in [1.165, 1.54) is 0 Å². The van der Waals surface area contributed by atoms with Gasteiger partial charge in [-0.25, -0.2) is 4.79 Å². The molecule has 2 atom stereocenters. The first-order valence-corrected chi connectivity index (χ1v) is 7.26. The Morgan fingerprint density at radius 1 is 1.50 bits per heavy atom.